The summed E-state index contributed by atoms with van der Waals surface area (Å²) in [5, 5.41) is 14.3. The molecule has 0 aromatic carbocycles. The summed E-state index contributed by atoms with van der Waals surface area (Å²) in [4.78, 5) is 41.2. The number of imide groups is 1. The number of aromatic nitrogens is 2. The molecule has 2 heterocycles. The Labute approximate surface area is 133 Å². The molecule has 4 amide bonds. The SMILES string of the molecule is Cc1c(C2(CN(C(=O)O)C(C)(C)C)NC(=O)NC2=O)ncn1C. The highest BCUT2D eigenvalue weighted by Gasteiger charge is 2.53. The second-order valence-electron chi connectivity index (χ2n) is 6.64. The van der Waals surface area contributed by atoms with Crippen LogP contribution in [0.2, 0.25) is 0 Å². The molecule has 0 saturated carbocycles. The number of rotatable bonds is 3. The molecule has 0 radical (unpaired) electrons. The van der Waals surface area contributed by atoms with Crippen LogP contribution in [0, 0.1) is 6.92 Å². The molecule has 3 N–H and O–H groups in total. The van der Waals surface area contributed by atoms with Crippen LogP contribution in [0.5, 0.6) is 0 Å². The maximum absolute atomic E-state index is 12.5. The van der Waals surface area contributed by atoms with Crippen LogP contribution in [-0.2, 0) is 17.4 Å². The number of hydrogen-bond donors (Lipinski definition) is 3. The Morgan fingerprint density at radius 1 is 1.43 bits per heavy atom. The highest BCUT2D eigenvalue weighted by atomic mass is 16.4. The van der Waals surface area contributed by atoms with Gasteiger partial charge in [0, 0.05) is 18.3 Å². The predicted octanol–water partition coefficient (Wildman–Crippen LogP) is 0.542. The van der Waals surface area contributed by atoms with Crippen molar-refractivity contribution in [1.29, 1.82) is 0 Å². The van der Waals surface area contributed by atoms with E-state index in [2.05, 4.69) is 15.6 Å². The molecular weight excluding hydrogens is 302 g/mol. The summed E-state index contributed by atoms with van der Waals surface area (Å²) < 4.78 is 1.71. The molecule has 0 aliphatic carbocycles. The lowest BCUT2D eigenvalue weighted by Gasteiger charge is -2.38. The molecule has 1 saturated heterocycles. The second kappa shape index (κ2) is 5.25. The molecule has 1 aliphatic rings. The highest BCUT2D eigenvalue weighted by Crippen LogP contribution is 2.30. The van der Waals surface area contributed by atoms with Crippen molar-refractivity contribution in [1.82, 2.24) is 25.1 Å². The topological polar surface area (TPSA) is 117 Å². The van der Waals surface area contributed by atoms with Crippen molar-refractivity contribution in [2.45, 2.75) is 38.8 Å². The van der Waals surface area contributed by atoms with E-state index < -0.39 is 29.1 Å². The van der Waals surface area contributed by atoms with Gasteiger partial charge >= 0.3 is 12.1 Å². The zero-order valence-electron chi connectivity index (χ0n) is 13.8. The van der Waals surface area contributed by atoms with Crippen molar-refractivity contribution in [2.24, 2.45) is 7.05 Å². The molecule has 23 heavy (non-hydrogen) atoms. The van der Waals surface area contributed by atoms with E-state index in [-0.39, 0.29) is 6.54 Å². The van der Waals surface area contributed by atoms with Crippen LogP contribution in [0.3, 0.4) is 0 Å². The van der Waals surface area contributed by atoms with E-state index in [1.165, 1.54) is 6.33 Å². The van der Waals surface area contributed by atoms with Gasteiger partial charge in [0.05, 0.1) is 18.6 Å². The fourth-order valence-electron chi connectivity index (χ4n) is 2.58. The monoisotopic (exact) mass is 323 g/mol. The average molecular weight is 323 g/mol. The van der Waals surface area contributed by atoms with Gasteiger partial charge in [-0.1, -0.05) is 0 Å². The molecular formula is C14H21N5O4. The van der Waals surface area contributed by atoms with Crippen molar-refractivity contribution < 1.29 is 19.5 Å². The van der Waals surface area contributed by atoms with Crippen molar-refractivity contribution in [3.8, 4) is 0 Å². The maximum Gasteiger partial charge on any atom is 0.407 e. The predicted molar refractivity (Wildman–Crippen MR) is 80.8 cm³/mol. The van der Waals surface area contributed by atoms with Gasteiger partial charge in [0.1, 0.15) is 0 Å². The number of hydrogen-bond acceptors (Lipinski definition) is 4. The Morgan fingerprint density at radius 3 is 2.39 bits per heavy atom. The molecule has 0 bridgehead atoms. The van der Waals surface area contributed by atoms with Gasteiger partial charge in [-0.25, -0.2) is 14.6 Å². The number of nitrogens with zero attached hydrogens (tertiary/aromatic N) is 3. The summed E-state index contributed by atoms with van der Waals surface area (Å²) in [5.74, 6) is -0.611. The molecule has 1 atom stereocenters. The van der Waals surface area contributed by atoms with Crippen LogP contribution in [0.4, 0.5) is 9.59 Å². The summed E-state index contributed by atoms with van der Waals surface area (Å²) in [6.45, 7) is 6.67. The summed E-state index contributed by atoms with van der Waals surface area (Å²) in [6.07, 6.45) is 0.339. The van der Waals surface area contributed by atoms with Gasteiger partial charge in [0.2, 0.25) is 0 Å². The molecule has 0 spiro atoms. The second-order valence-corrected chi connectivity index (χ2v) is 6.64. The minimum atomic E-state index is -1.55. The molecule has 9 heteroatoms. The fraction of sp³-hybridized carbons (Fsp3) is 0.571. The Bertz CT molecular complexity index is 675. The first-order chi connectivity index (χ1) is 10.5. The summed E-state index contributed by atoms with van der Waals surface area (Å²) in [6, 6.07) is -0.667. The number of nitrogens with one attached hydrogen (secondary N) is 2. The molecule has 1 aromatic rings. The van der Waals surface area contributed by atoms with E-state index in [1.54, 1.807) is 39.3 Å². The van der Waals surface area contributed by atoms with E-state index in [1.807, 2.05) is 0 Å². The van der Waals surface area contributed by atoms with E-state index >= 15 is 0 Å². The average Bonchev–Trinajstić information content (AvgIpc) is 2.87. The summed E-state index contributed by atoms with van der Waals surface area (Å²) in [7, 11) is 1.76. The zero-order chi connectivity index (χ0) is 17.6. The van der Waals surface area contributed by atoms with E-state index in [0.29, 0.717) is 11.4 Å². The third kappa shape index (κ3) is 2.73. The molecule has 9 nitrogen and oxygen atoms in total. The number of carbonyl (C=O) groups excluding carboxylic acids is 2. The van der Waals surface area contributed by atoms with Crippen molar-refractivity contribution in [3.63, 3.8) is 0 Å². The van der Waals surface area contributed by atoms with Crippen LogP contribution in [0.25, 0.3) is 0 Å². The van der Waals surface area contributed by atoms with Gasteiger partial charge in [0.25, 0.3) is 5.91 Å². The van der Waals surface area contributed by atoms with Gasteiger partial charge in [-0.2, -0.15) is 0 Å². The van der Waals surface area contributed by atoms with E-state index in [0.717, 1.165) is 4.90 Å². The first kappa shape index (κ1) is 16.8. The highest BCUT2D eigenvalue weighted by molar-refractivity contribution is 6.07. The molecule has 1 aromatic heterocycles. The standard InChI is InChI=1S/C14H21N5O4/c1-8-9(15-7-18(8)5)14(10(20)16-11(21)17-14)6-19(12(22)23)13(2,3)4/h7H,6H2,1-5H3,(H,22,23)(H2,16,17,20,21). The minimum absolute atomic E-state index is 0.235. The third-order valence-corrected chi connectivity index (χ3v) is 4.01. The largest absolute Gasteiger partial charge is 0.465 e. The van der Waals surface area contributed by atoms with E-state index in [4.69, 9.17) is 0 Å². The van der Waals surface area contributed by atoms with Gasteiger partial charge in [0.15, 0.2) is 5.54 Å². The molecule has 1 fully saturated rings. The fourth-order valence-corrected chi connectivity index (χ4v) is 2.58. The van der Waals surface area contributed by atoms with Crippen LogP contribution in [0.1, 0.15) is 32.2 Å². The molecule has 1 unspecified atom stereocenters. The van der Waals surface area contributed by atoms with Crippen molar-refractivity contribution >= 4 is 18.0 Å². The van der Waals surface area contributed by atoms with Gasteiger partial charge in [-0.3, -0.25) is 10.1 Å². The summed E-state index contributed by atoms with van der Waals surface area (Å²) in [5.41, 5.74) is -1.30. The first-order valence-electron chi connectivity index (χ1n) is 7.11. The zero-order valence-corrected chi connectivity index (χ0v) is 13.8. The van der Waals surface area contributed by atoms with Crippen LogP contribution < -0.4 is 10.6 Å². The van der Waals surface area contributed by atoms with E-state index in [9.17, 15) is 19.5 Å². The Balaban J connectivity index is 2.56. The van der Waals surface area contributed by atoms with Crippen LogP contribution >= 0.6 is 0 Å². The minimum Gasteiger partial charge on any atom is -0.465 e. The number of carboxylic acid groups (broad SMARTS) is 1. The van der Waals surface area contributed by atoms with Gasteiger partial charge in [-0.05, 0) is 27.7 Å². The van der Waals surface area contributed by atoms with Crippen LogP contribution in [0.15, 0.2) is 6.33 Å². The smallest absolute Gasteiger partial charge is 0.407 e. The molecule has 1 aliphatic heterocycles. The Hall–Kier alpha value is -2.58. The van der Waals surface area contributed by atoms with Crippen LogP contribution in [-0.4, -0.2) is 49.7 Å². The molecule has 2 rings (SSSR count). The third-order valence-electron chi connectivity index (χ3n) is 4.01. The van der Waals surface area contributed by atoms with Crippen molar-refractivity contribution in [3.05, 3.63) is 17.7 Å². The summed E-state index contributed by atoms with van der Waals surface area (Å²) >= 11 is 0. The maximum atomic E-state index is 12.5. The normalized spacial score (nSPS) is 21.1. The number of aryl methyl sites for hydroxylation is 1. The number of imidazole rings is 1. The van der Waals surface area contributed by atoms with Crippen molar-refractivity contribution in [2.75, 3.05) is 6.54 Å². The quantitative estimate of drug-likeness (QED) is 0.702. The van der Waals surface area contributed by atoms with Gasteiger partial charge in [-0.15, -0.1) is 0 Å². The number of carbonyl (C=O) groups is 3. The Morgan fingerprint density at radius 2 is 2.04 bits per heavy atom. The number of urea groups is 1. The Kier molecular flexibility index (Phi) is 3.83. The first-order valence-corrected chi connectivity index (χ1v) is 7.11. The molecule has 126 valence electrons. The van der Waals surface area contributed by atoms with Gasteiger partial charge < -0.3 is 19.9 Å². The lowest BCUT2D eigenvalue weighted by Crippen LogP contribution is -2.58. The lowest BCUT2D eigenvalue weighted by molar-refractivity contribution is -0.125. The lowest BCUT2D eigenvalue weighted by atomic mass is 9.91. The number of amides is 4.